The highest BCUT2D eigenvalue weighted by molar-refractivity contribution is 6.02. The van der Waals surface area contributed by atoms with Gasteiger partial charge in [-0.05, 0) is 31.0 Å². The van der Waals surface area contributed by atoms with Gasteiger partial charge in [0.05, 0.1) is 12.8 Å². The van der Waals surface area contributed by atoms with E-state index in [2.05, 4.69) is 10.6 Å². The zero-order chi connectivity index (χ0) is 19.6. The standard InChI is InChI=1S/C20H23FN4O2/c1-24-19(18(23)20(26)25-12-7-8-12)14-5-3-4-13(17(14)22)15-10-11(21)6-9-16(15)27-2/h3-6,9-10,12,24H,7-8,22-23H2,1-2H3,(H,25,26)/b19-18+. The monoisotopic (exact) mass is 370 g/mol. The van der Waals surface area contributed by atoms with E-state index in [1.165, 1.54) is 19.2 Å². The van der Waals surface area contributed by atoms with Crippen LogP contribution in [0.15, 0.2) is 42.1 Å². The number of hydrogen-bond donors (Lipinski definition) is 4. The molecule has 0 saturated heterocycles. The van der Waals surface area contributed by atoms with Gasteiger partial charge in [-0.3, -0.25) is 4.79 Å². The fourth-order valence-electron chi connectivity index (χ4n) is 2.93. The van der Waals surface area contributed by atoms with Crippen molar-refractivity contribution in [3.05, 3.63) is 53.5 Å². The lowest BCUT2D eigenvalue weighted by molar-refractivity contribution is -0.117. The minimum atomic E-state index is -0.400. The molecule has 0 unspecified atom stereocenters. The van der Waals surface area contributed by atoms with E-state index in [-0.39, 0.29) is 17.6 Å². The van der Waals surface area contributed by atoms with Gasteiger partial charge in [0.15, 0.2) is 0 Å². The molecule has 3 rings (SSSR count). The van der Waals surface area contributed by atoms with Crippen molar-refractivity contribution in [1.82, 2.24) is 10.6 Å². The number of benzene rings is 2. The number of ether oxygens (including phenoxy) is 1. The van der Waals surface area contributed by atoms with Gasteiger partial charge < -0.3 is 26.8 Å². The number of amides is 1. The zero-order valence-corrected chi connectivity index (χ0v) is 15.3. The van der Waals surface area contributed by atoms with Gasteiger partial charge in [0, 0.05) is 35.5 Å². The predicted octanol–water partition coefficient (Wildman–Crippen LogP) is 2.21. The van der Waals surface area contributed by atoms with Crippen molar-refractivity contribution in [2.75, 3.05) is 19.9 Å². The molecule has 1 aliphatic rings. The summed E-state index contributed by atoms with van der Waals surface area (Å²) in [6.45, 7) is 0. The lowest BCUT2D eigenvalue weighted by Gasteiger charge is -2.17. The molecule has 0 aliphatic heterocycles. The second-order valence-electron chi connectivity index (χ2n) is 6.40. The molecule has 6 nitrogen and oxygen atoms in total. The number of para-hydroxylation sites is 1. The van der Waals surface area contributed by atoms with E-state index in [9.17, 15) is 9.18 Å². The van der Waals surface area contributed by atoms with E-state index < -0.39 is 5.82 Å². The largest absolute Gasteiger partial charge is 0.496 e. The van der Waals surface area contributed by atoms with Crippen LogP contribution in [0.1, 0.15) is 18.4 Å². The van der Waals surface area contributed by atoms with Crippen molar-refractivity contribution >= 4 is 17.3 Å². The minimum absolute atomic E-state index is 0.0551. The van der Waals surface area contributed by atoms with Crippen LogP contribution in [-0.4, -0.2) is 26.1 Å². The van der Waals surface area contributed by atoms with Crippen LogP contribution in [0.2, 0.25) is 0 Å². The first-order chi connectivity index (χ1) is 13.0. The summed E-state index contributed by atoms with van der Waals surface area (Å²) in [5.41, 5.74) is 15.0. The van der Waals surface area contributed by atoms with Crippen molar-refractivity contribution in [3.63, 3.8) is 0 Å². The second-order valence-corrected chi connectivity index (χ2v) is 6.40. The van der Waals surface area contributed by atoms with Gasteiger partial charge in [-0.15, -0.1) is 0 Å². The third kappa shape index (κ3) is 3.81. The number of nitrogen functional groups attached to an aromatic ring is 1. The van der Waals surface area contributed by atoms with Gasteiger partial charge in [-0.25, -0.2) is 4.39 Å². The third-order valence-electron chi connectivity index (χ3n) is 4.50. The van der Waals surface area contributed by atoms with Crippen LogP contribution in [0.3, 0.4) is 0 Å². The maximum absolute atomic E-state index is 13.8. The number of halogens is 1. The molecule has 6 N–H and O–H groups in total. The van der Waals surface area contributed by atoms with E-state index in [0.717, 1.165) is 12.8 Å². The second kappa shape index (κ2) is 7.57. The van der Waals surface area contributed by atoms with Gasteiger partial charge in [-0.1, -0.05) is 18.2 Å². The van der Waals surface area contributed by atoms with Crippen LogP contribution in [0, 0.1) is 5.82 Å². The molecule has 0 spiro atoms. The Kier molecular flexibility index (Phi) is 5.21. The fourth-order valence-corrected chi connectivity index (χ4v) is 2.93. The Morgan fingerprint density at radius 2 is 1.96 bits per heavy atom. The highest BCUT2D eigenvalue weighted by atomic mass is 19.1. The van der Waals surface area contributed by atoms with Crippen molar-refractivity contribution in [2.45, 2.75) is 18.9 Å². The van der Waals surface area contributed by atoms with Gasteiger partial charge in [0.2, 0.25) is 0 Å². The molecule has 0 bridgehead atoms. The van der Waals surface area contributed by atoms with Crippen LogP contribution in [0.25, 0.3) is 16.8 Å². The average Bonchev–Trinajstić information content (AvgIpc) is 3.47. The summed E-state index contributed by atoms with van der Waals surface area (Å²) in [6, 6.07) is 9.71. The molecule has 0 aromatic heterocycles. The lowest BCUT2D eigenvalue weighted by atomic mass is 9.97. The van der Waals surface area contributed by atoms with E-state index in [1.54, 1.807) is 31.3 Å². The molecule has 142 valence electrons. The lowest BCUT2D eigenvalue weighted by Crippen LogP contribution is -2.32. The summed E-state index contributed by atoms with van der Waals surface area (Å²) in [7, 11) is 3.18. The average molecular weight is 370 g/mol. The Balaban J connectivity index is 2.08. The van der Waals surface area contributed by atoms with Gasteiger partial charge in [-0.2, -0.15) is 0 Å². The molecule has 1 saturated carbocycles. The van der Waals surface area contributed by atoms with Crippen LogP contribution in [0.5, 0.6) is 5.75 Å². The number of anilines is 1. The van der Waals surface area contributed by atoms with E-state index in [0.29, 0.717) is 33.8 Å². The Bertz CT molecular complexity index is 907. The molecule has 27 heavy (non-hydrogen) atoms. The smallest absolute Gasteiger partial charge is 0.269 e. The summed E-state index contributed by atoms with van der Waals surface area (Å²) in [5, 5.41) is 5.82. The van der Waals surface area contributed by atoms with E-state index in [1.807, 2.05) is 0 Å². The molecule has 2 aromatic carbocycles. The normalized spacial score (nSPS) is 14.3. The van der Waals surface area contributed by atoms with E-state index in [4.69, 9.17) is 16.2 Å². The Morgan fingerprint density at radius 1 is 1.22 bits per heavy atom. The molecule has 7 heteroatoms. The highest BCUT2D eigenvalue weighted by Gasteiger charge is 2.26. The third-order valence-corrected chi connectivity index (χ3v) is 4.50. The molecule has 1 fully saturated rings. The first-order valence-corrected chi connectivity index (χ1v) is 8.67. The zero-order valence-electron chi connectivity index (χ0n) is 15.3. The molecular formula is C20H23FN4O2. The number of rotatable bonds is 6. The molecule has 1 aliphatic carbocycles. The van der Waals surface area contributed by atoms with Crippen LogP contribution in [-0.2, 0) is 4.79 Å². The van der Waals surface area contributed by atoms with Crippen molar-refractivity contribution in [3.8, 4) is 16.9 Å². The first-order valence-electron chi connectivity index (χ1n) is 8.67. The summed E-state index contributed by atoms with van der Waals surface area (Å²) < 4.78 is 19.1. The number of nitrogens with two attached hydrogens (primary N) is 2. The SMILES string of the molecule is CN/C(=C(/N)C(=O)NC1CC1)c1cccc(-c2cc(F)ccc2OC)c1N. The maximum atomic E-state index is 13.8. The van der Waals surface area contributed by atoms with Crippen LogP contribution in [0.4, 0.5) is 10.1 Å². The first kappa shape index (κ1) is 18.6. The van der Waals surface area contributed by atoms with Gasteiger partial charge in [0.1, 0.15) is 17.3 Å². The van der Waals surface area contributed by atoms with Gasteiger partial charge in [0.25, 0.3) is 5.91 Å². The number of methoxy groups -OCH3 is 1. The summed E-state index contributed by atoms with van der Waals surface area (Å²) in [6.07, 6.45) is 1.93. The molecule has 1 amide bonds. The van der Waals surface area contributed by atoms with Gasteiger partial charge >= 0.3 is 0 Å². The van der Waals surface area contributed by atoms with Crippen molar-refractivity contribution in [1.29, 1.82) is 0 Å². The van der Waals surface area contributed by atoms with Crippen LogP contribution >= 0.6 is 0 Å². The van der Waals surface area contributed by atoms with Crippen LogP contribution < -0.4 is 26.8 Å². The quantitative estimate of drug-likeness (QED) is 0.461. The summed E-state index contributed by atoms with van der Waals surface area (Å²) in [4.78, 5) is 12.3. The minimum Gasteiger partial charge on any atom is -0.496 e. The Morgan fingerprint density at radius 3 is 2.59 bits per heavy atom. The topological polar surface area (TPSA) is 102 Å². The molecule has 0 heterocycles. The summed E-state index contributed by atoms with van der Waals surface area (Å²) in [5.74, 6) is -0.243. The molecule has 2 aromatic rings. The number of carbonyl (C=O) groups is 1. The highest BCUT2D eigenvalue weighted by Crippen LogP contribution is 2.37. The number of hydrogen-bond acceptors (Lipinski definition) is 5. The molecular weight excluding hydrogens is 347 g/mol. The Labute approximate surface area is 157 Å². The fraction of sp³-hybridized carbons (Fsp3) is 0.250. The van der Waals surface area contributed by atoms with E-state index >= 15 is 0 Å². The molecule has 0 radical (unpaired) electrons. The van der Waals surface area contributed by atoms with Crippen molar-refractivity contribution in [2.24, 2.45) is 5.73 Å². The maximum Gasteiger partial charge on any atom is 0.269 e. The summed E-state index contributed by atoms with van der Waals surface area (Å²) >= 11 is 0. The predicted molar refractivity (Wildman–Crippen MR) is 104 cm³/mol. The van der Waals surface area contributed by atoms with Crippen molar-refractivity contribution < 1.29 is 13.9 Å². The number of nitrogens with one attached hydrogen (secondary N) is 2. The Hall–Kier alpha value is -3.22. The molecule has 0 atom stereocenters. The number of carbonyl (C=O) groups excluding carboxylic acids is 1.